The zero-order valence-electron chi connectivity index (χ0n) is 17.2. The number of nitro benzene ring substituents is 4. The average Bonchev–Trinajstić information content (AvgIpc) is 3.05. The Morgan fingerprint density at radius 1 is 0.667 bits per heavy atom. The van der Waals surface area contributed by atoms with E-state index in [0.29, 0.717) is 0 Å². The highest BCUT2D eigenvalue weighted by Crippen LogP contribution is 2.47. The maximum absolute atomic E-state index is 11.8. The van der Waals surface area contributed by atoms with E-state index in [1.807, 2.05) is 0 Å². The van der Waals surface area contributed by atoms with Crippen molar-refractivity contribution in [2.75, 3.05) is 4.31 Å². The van der Waals surface area contributed by atoms with Gasteiger partial charge in [-0.15, -0.1) is 0 Å². The van der Waals surface area contributed by atoms with E-state index in [4.69, 9.17) is 0 Å². The van der Waals surface area contributed by atoms with E-state index in [2.05, 4.69) is 0 Å². The Balaban J connectivity index is 2.19. The topological polar surface area (TPSA) is 176 Å². The summed E-state index contributed by atoms with van der Waals surface area (Å²) >= 11 is 1.16. The second kappa shape index (κ2) is 10.2. The average molecular weight is 477 g/mol. The molecule has 1 aliphatic carbocycles. The zero-order chi connectivity index (χ0) is 24.1. The van der Waals surface area contributed by atoms with Crippen molar-refractivity contribution in [3.05, 3.63) is 76.9 Å². The predicted molar refractivity (Wildman–Crippen MR) is 121 cm³/mol. The molecule has 1 saturated carbocycles. The number of anilines is 2. The van der Waals surface area contributed by atoms with Crippen LogP contribution in [0.3, 0.4) is 0 Å². The SMILES string of the molecule is O=[N+]([O-])c1ccc(N(SC2CCCCCC2)c2ccc([N+](=O)[O-])cc2[N+](=O)[O-])c([N+](=O)[O-])c1. The van der Waals surface area contributed by atoms with Crippen molar-refractivity contribution >= 4 is 46.1 Å². The largest absolute Gasteiger partial charge is 0.300 e. The van der Waals surface area contributed by atoms with E-state index in [1.165, 1.54) is 16.4 Å². The van der Waals surface area contributed by atoms with Gasteiger partial charge in [0.15, 0.2) is 0 Å². The Morgan fingerprint density at radius 3 is 1.45 bits per heavy atom. The van der Waals surface area contributed by atoms with Crippen LogP contribution in [0.15, 0.2) is 36.4 Å². The number of nitrogens with zero attached hydrogens (tertiary/aromatic N) is 5. The van der Waals surface area contributed by atoms with Crippen molar-refractivity contribution in [2.45, 2.75) is 43.8 Å². The molecule has 14 heteroatoms. The van der Waals surface area contributed by atoms with Crippen LogP contribution in [0.5, 0.6) is 0 Å². The second-order valence-corrected chi connectivity index (χ2v) is 8.63. The summed E-state index contributed by atoms with van der Waals surface area (Å²) in [6, 6.07) is 6.11. The van der Waals surface area contributed by atoms with Gasteiger partial charge in [-0.25, -0.2) is 0 Å². The first kappa shape index (κ1) is 23.8. The fourth-order valence-electron chi connectivity index (χ4n) is 3.63. The molecule has 2 aromatic rings. The van der Waals surface area contributed by atoms with Crippen LogP contribution in [0.4, 0.5) is 34.1 Å². The number of hydrogen-bond acceptors (Lipinski definition) is 10. The number of rotatable bonds is 8. The zero-order valence-corrected chi connectivity index (χ0v) is 18.0. The van der Waals surface area contributed by atoms with Crippen molar-refractivity contribution in [2.24, 2.45) is 0 Å². The van der Waals surface area contributed by atoms with Crippen LogP contribution < -0.4 is 4.31 Å². The smallest absolute Gasteiger partial charge is 0.271 e. The van der Waals surface area contributed by atoms with Crippen LogP contribution in [0, 0.1) is 40.5 Å². The Kier molecular flexibility index (Phi) is 7.37. The monoisotopic (exact) mass is 477 g/mol. The lowest BCUT2D eigenvalue weighted by Gasteiger charge is -2.27. The van der Waals surface area contributed by atoms with Crippen molar-refractivity contribution in [3.63, 3.8) is 0 Å². The first-order valence-electron chi connectivity index (χ1n) is 10.0. The van der Waals surface area contributed by atoms with Crippen molar-refractivity contribution in [1.29, 1.82) is 0 Å². The lowest BCUT2D eigenvalue weighted by atomic mass is 10.2. The maximum atomic E-state index is 11.8. The van der Waals surface area contributed by atoms with Gasteiger partial charge in [0.1, 0.15) is 11.4 Å². The summed E-state index contributed by atoms with van der Waals surface area (Å²) in [5, 5.41) is 45.8. The molecule has 0 saturated heterocycles. The fourth-order valence-corrected chi connectivity index (χ4v) is 5.00. The molecular weight excluding hydrogens is 458 g/mol. The number of hydrogen-bond donors (Lipinski definition) is 0. The van der Waals surface area contributed by atoms with E-state index in [9.17, 15) is 40.5 Å². The summed E-state index contributed by atoms with van der Waals surface area (Å²) in [6.45, 7) is 0. The molecule has 0 radical (unpaired) electrons. The highest BCUT2D eigenvalue weighted by molar-refractivity contribution is 8.01. The van der Waals surface area contributed by atoms with Gasteiger partial charge in [-0.2, -0.15) is 0 Å². The first-order chi connectivity index (χ1) is 15.7. The highest BCUT2D eigenvalue weighted by Gasteiger charge is 2.32. The summed E-state index contributed by atoms with van der Waals surface area (Å²) in [5.74, 6) is 0. The molecule has 0 bridgehead atoms. The van der Waals surface area contributed by atoms with Gasteiger partial charge in [-0.3, -0.25) is 44.8 Å². The molecule has 174 valence electrons. The molecule has 0 atom stereocenters. The number of non-ortho nitro benzene ring substituents is 2. The minimum absolute atomic E-state index is 0.0166. The summed E-state index contributed by atoms with van der Waals surface area (Å²) in [5.41, 5.74) is -2.37. The Morgan fingerprint density at radius 2 is 1.09 bits per heavy atom. The van der Waals surface area contributed by atoms with Gasteiger partial charge in [0, 0.05) is 17.4 Å². The van der Waals surface area contributed by atoms with E-state index in [1.54, 1.807) is 0 Å². The molecule has 2 aromatic carbocycles. The molecule has 0 spiro atoms. The molecule has 0 aromatic heterocycles. The summed E-state index contributed by atoms with van der Waals surface area (Å²) in [4.78, 5) is 42.7. The lowest BCUT2D eigenvalue weighted by Crippen LogP contribution is -2.17. The first-order valence-corrected chi connectivity index (χ1v) is 10.8. The highest BCUT2D eigenvalue weighted by atomic mass is 32.2. The molecule has 0 unspecified atom stereocenters. The molecule has 1 aliphatic rings. The molecular formula is C19H19N5O8S. The van der Waals surface area contributed by atoms with Gasteiger partial charge < -0.3 is 0 Å². The Hall–Kier alpha value is -3.81. The van der Waals surface area contributed by atoms with E-state index >= 15 is 0 Å². The van der Waals surface area contributed by atoms with Gasteiger partial charge >= 0.3 is 11.4 Å². The van der Waals surface area contributed by atoms with E-state index in [0.717, 1.165) is 74.7 Å². The van der Waals surface area contributed by atoms with Gasteiger partial charge in [-0.1, -0.05) is 25.7 Å². The minimum atomic E-state index is -0.791. The van der Waals surface area contributed by atoms with Crippen molar-refractivity contribution in [1.82, 2.24) is 0 Å². The van der Waals surface area contributed by atoms with Gasteiger partial charge in [0.25, 0.3) is 11.4 Å². The molecule has 0 aliphatic heterocycles. The van der Waals surface area contributed by atoms with E-state index < -0.39 is 42.4 Å². The van der Waals surface area contributed by atoms with Crippen LogP contribution in [-0.4, -0.2) is 24.9 Å². The second-order valence-electron chi connectivity index (χ2n) is 7.39. The number of benzene rings is 2. The predicted octanol–water partition coefficient (Wildman–Crippen LogP) is 5.83. The van der Waals surface area contributed by atoms with Crippen molar-refractivity contribution in [3.8, 4) is 0 Å². The third-order valence-corrected chi connectivity index (χ3v) is 6.60. The molecule has 33 heavy (non-hydrogen) atoms. The standard InChI is InChI=1S/C19H19N5O8S/c25-21(26)13-7-9-16(18(11-13)23(29)30)20(33-15-5-3-1-2-4-6-15)17-10-8-14(22(27)28)12-19(17)24(31)32/h7-12,15H,1-6H2. The number of nitro groups is 4. The Labute approximate surface area is 191 Å². The molecule has 1 fully saturated rings. The van der Waals surface area contributed by atoms with Crippen LogP contribution in [0.2, 0.25) is 0 Å². The normalized spacial score (nSPS) is 14.3. The van der Waals surface area contributed by atoms with Crippen LogP contribution >= 0.6 is 11.9 Å². The van der Waals surface area contributed by atoms with Crippen LogP contribution in [0.25, 0.3) is 0 Å². The van der Waals surface area contributed by atoms with Crippen molar-refractivity contribution < 1.29 is 19.7 Å². The van der Waals surface area contributed by atoms with Crippen LogP contribution in [0.1, 0.15) is 38.5 Å². The molecule has 0 amide bonds. The fraction of sp³-hybridized carbons (Fsp3) is 0.368. The lowest BCUT2D eigenvalue weighted by molar-refractivity contribution is -0.393. The summed E-state index contributed by atoms with van der Waals surface area (Å²) < 4.78 is 1.31. The van der Waals surface area contributed by atoms with Gasteiger partial charge in [-0.05, 0) is 36.9 Å². The molecule has 0 N–H and O–H groups in total. The third kappa shape index (κ3) is 5.52. The molecule has 3 rings (SSSR count). The minimum Gasteiger partial charge on any atom is -0.271 e. The maximum Gasteiger partial charge on any atom is 0.300 e. The molecule has 0 heterocycles. The summed E-state index contributed by atoms with van der Waals surface area (Å²) in [7, 11) is 0. The summed E-state index contributed by atoms with van der Waals surface area (Å²) in [6.07, 6.45) is 5.48. The van der Waals surface area contributed by atoms with Gasteiger partial charge in [0.05, 0.1) is 31.8 Å². The van der Waals surface area contributed by atoms with E-state index in [-0.39, 0.29) is 16.6 Å². The molecule has 13 nitrogen and oxygen atoms in total. The quantitative estimate of drug-likeness (QED) is 0.194. The Bertz CT molecular complexity index is 1030. The third-order valence-electron chi connectivity index (χ3n) is 5.23. The van der Waals surface area contributed by atoms with Gasteiger partial charge in [0.2, 0.25) is 0 Å². The van der Waals surface area contributed by atoms with Crippen LogP contribution in [-0.2, 0) is 0 Å².